The molecule has 0 aliphatic rings. The molecule has 2 aromatic rings. The fourth-order valence-corrected chi connectivity index (χ4v) is 2.23. The number of ether oxygens (including phenoxy) is 1. The van der Waals surface area contributed by atoms with Crippen LogP contribution in [-0.2, 0) is 4.74 Å². The zero-order valence-electron chi connectivity index (χ0n) is 11.2. The quantitative estimate of drug-likeness (QED) is 0.667. The Balaban J connectivity index is 2.65. The number of benzene rings is 2. The summed E-state index contributed by atoms with van der Waals surface area (Å²) in [5.41, 5.74) is 2.05. The predicted molar refractivity (Wildman–Crippen MR) is 77.0 cm³/mol. The van der Waals surface area contributed by atoms with Crippen molar-refractivity contribution >= 4 is 22.5 Å². The van der Waals surface area contributed by atoms with Crippen molar-refractivity contribution in [1.82, 2.24) is 0 Å². The molecule has 0 atom stereocenters. The average molecular weight is 255 g/mol. The molecule has 0 aliphatic heterocycles. The van der Waals surface area contributed by atoms with Crippen LogP contribution in [0.15, 0.2) is 36.4 Å². The van der Waals surface area contributed by atoms with Crippen molar-refractivity contribution in [2.45, 2.75) is 19.8 Å². The van der Waals surface area contributed by atoms with Gasteiger partial charge in [0.1, 0.15) is 0 Å². The van der Waals surface area contributed by atoms with E-state index in [0.717, 1.165) is 29.2 Å². The van der Waals surface area contributed by atoms with Crippen molar-refractivity contribution in [2.75, 3.05) is 7.11 Å². The Labute approximate surface area is 112 Å². The maximum Gasteiger partial charge on any atom is 0.338 e. The van der Waals surface area contributed by atoms with Crippen LogP contribution in [0.3, 0.4) is 0 Å². The first-order valence-corrected chi connectivity index (χ1v) is 6.37. The van der Waals surface area contributed by atoms with Crippen LogP contribution in [0.1, 0.15) is 35.7 Å². The molecule has 2 rings (SSSR count). The molecule has 0 saturated heterocycles. The number of hydrogen-bond acceptors (Lipinski definition) is 3. The minimum atomic E-state index is -0.343. The molecule has 0 saturated carbocycles. The van der Waals surface area contributed by atoms with Crippen LogP contribution in [0.25, 0.3) is 10.8 Å². The summed E-state index contributed by atoms with van der Waals surface area (Å²) in [5, 5.41) is 9.89. The highest BCUT2D eigenvalue weighted by molar-refractivity contribution is 6.14. The van der Waals surface area contributed by atoms with E-state index in [1.54, 1.807) is 6.07 Å². The smallest absolute Gasteiger partial charge is 0.338 e. The SMILES string of the molecule is CCCC(=N)c1ccc(C(=O)OC)c2ccccc12. The first-order valence-electron chi connectivity index (χ1n) is 6.37. The number of methoxy groups -OCH3 is 1. The number of hydrogen-bond donors (Lipinski definition) is 1. The van der Waals surface area contributed by atoms with Gasteiger partial charge in [-0.2, -0.15) is 0 Å². The first kappa shape index (κ1) is 13.3. The standard InChI is InChI=1S/C16H17NO2/c1-3-6-15(17)13-9-10-14(16(18)19-2)12-8-5-4-7-11(12)13/h4-5,7-10,17H,3,6H2,1-2H3. The summed E-state index contributed by atoms with van der Waals surface area (Å²) in [7, 11) is 1.38. The van der Waals surface area contributed by atoms with E-state index >= 15 is 0 Å². The molecule has 0 fully saturated rings. The second-order valence-corrected chi connectivity index (χ2v) is 4.43. The Morgan fingerprint density at radius 3 is 2.26 bits per heavy atom. The second-order valence-electron chi connectivity index (χ2n) is 4.43. The van der Waals surface area contributed by atoms with Gasteiger partial charge in [0.2, 0.25) is 0 Å². The lowest BCUT2D eigenvalue weighted by Crippen LogP contribution is -2.05. The molecule has 0 radical (unpaired) electrons. The Bertz CT molecular complexity index is 632. The molecular formula is C16H17NO2. The van der Waals surface area contributed by atoms with Gasteiger partial charge in [0.05, 0.1) is 12.7 Å². The maximum absolute atomic E-state index is 11.8. The highest BCUT2D eigenvalue weighted by atomic mass is 16.5. The third-order valence-electron chi connectivity index (χ3n) is 3.15. The Morgan fingerprint density at radius 1 is 1.11 bits per heavy atom. The van der Waals surface area contributed by atoms with E-state index < -0.39 is 0 Å². The van der Waals surface area contributed by atoms with Crippen molar-refractivity contribution in [3.63, 3.8) is 0 Å². The number of nitrogens with one attached hydrogen (secondary N) is 1. The molecule has 19 heavy (non-hydrogen) atoms. The molecule has 98 valence electrons. The van der Waals surface area contributed by atoms with Gasteiger partial charge in [0.15, 0.2) is 0 Å². The van der Waals surface area contributed by atoms with Crippen LogP contribution in [0.5, 0.6) is 0 Å². The largest absolute Gasteiger partial charge is 0.465 e. The van der Waals surface area contributed by atoms with Gasteiger partial charge in [-0.1, -0.05) is 43.7 Å². The fourth-order valence-electron chi connectivity index (χ4n) is 2.23. The molecular weight excluding hydrogens is 238 g/mol. The molecule has 0 aromatic heterocycles. The van der Waals surface area contributed by atoms with Gasteiger partial charge >= 0.3 is 5.97 Å². The second kappa shape index (κ2) is 5.65. The van der Waals surface area contributed by atoms with Gasteiger partial charge in [-0.25, -0.2) is 4.79 Å². The number of carbonyl (C=O) groups excluding carboxylic acids is 1. The van der Waals surface area contributed by atoms with Crippen LogP contribution >= 0.6 is 0 Å². The molecule has 1 N–H and O–H groups in total. The van der Waals surface area contributed by atoms with Crippen molar-refractivity contribution < 1.29 is 9.53 Å². The third kappa shape index (κ3) is 2.50. The third-order valence-corrected chi connectivity index (χ3v) is 3.15. The number of esters is 1. The molecule has 0 heterocycles. The molecule has 0 bridgehead atoms. The van der Waals surface area contributed by atoms with Crippen LogP contribution in [-0.4, -0.2) is 18.8 Å². The molecule has 0 amide bonds. The first-order chi connectivity index (χ1) is 9.19. The van der Waals surface area contributed by atoms with Crippen LogP contribution in [0.4, 0.5) is 0 Å². The van der Waals surface area contributed by atoms with E-state index in [2.05, 4.69) is 6.92 Å². The summed E-state index contributed by atoms with van der Waals surface area (Å²) in [5.74, 6) is -0.343. The lowest BCUT2D eigenvalue weighted by molar-refractivity contribution is 0.0603. The van der Waals surface area contributed by atoms with E-state index in [1.165, 1.54) is 7.11 Å². The summed E-state index contributed by atoms with van der Waals surface area (Å²) in [6.07, 6.45) is 1.67. The lowest BCUT2D eigenvalue weighted by Gasteiger charge is -2.10. The topological polar surface area (TPSA) is 50.2 Å². The predicted octanol–water partition coefficient (Wildman–Crippen LogP) is 3.79. The normalized spacial score (nSPS) is 10.4. The van der Waals surface area contributed by atoms with Gasteiger partial charge in [0.25, 0.3) is 0 Å². The van der Waals surface area contributed by atoms with Gasteiger partial charge in [-0.05, 0) is 23.3 Å². The number of fused-ring (bicyclic) bond motifs is 1. The number of rotatable bonds is 4. The van der Waals surface area contributed by atoms with Crippen LogP contribution in [0.2, 0.25) is 0 Å². The zero-order chi connectivity index (χ0) is 13.8. The average Bonchev–Trinajstić information content (AvgIpc) is 2.45. The van der Waals surface area contributed by atoms with E-state index in [0.29, 0.717) is 11.3 Å². The van der Waals surface area contributed by atoms with Crippen LogP contribution < -0.4 is 0 Å². The lowest BCUT2D eigenvalue weighted by atomic mass is 9.95. The molecule has 0 aliphatic carbocycles. The van der Waals surface area contributed by atoms with E-state index in [9.17, 15) is 4.79 Å². The summed E-state index contributed by atoms with van der Waals surface area (Å²) >= 11 is 0. The monoisotopic (exact) mass is 255 g/mol. The Morgan fingerprint density at radius 2 is 1.68 bits per heavy atom. The highest BCUT2D eigenvalue weighted by Gasteiger charge is 2.13. The maximum atomic E-state index is 11.8. The van der Waals surface area contributed by atoms with E-state index in [4.69, 9.17) is 10.1 Å². The fraction of sp³-hybridized carbons (Fsp3) is 0.250. The highest BCUT2D eigenvalue weighted by Crippen LogP contribution is 2.24. The van der Waals surface area contributed by atoms with Gasteiger partial charge in [0, 0.05) is 11.3 Å². The van der Waals surface area contributed by atoms with Crippen molar-refractivity contribution in [3.8, 4) is 0 Å². The Kier molecular flexibility index (Phi) is 3.95. The number of carbonyl (C=O) groups is 1. The molecule has 3 heteroatoms. The minimum absolute atomic E-state index is 0.343. The summed E-state index contributed by atoms with van der Waals surface area (Å²) in [6, 6.07) is 11.2. The molecule has 3 nitrogen and oxygen atoms in total. The van der Waals surface area contributed by atoms with Gasteiger partial charge < -0.3 is 10.1 Å². The van der Waals surface area contributed by atoms with Gasteiger partial charge in [-0.3, -0.25) is 0 Å². The van der Waals surface area contributed by atoms with E-state index in [-0.39, 0.29) is 5.97 Å². The summed E-state index contributed by atoms with van der Waals surface area (Å²) < 4.78 is 4.80. The van der Waals surface area contributed by atoms with Gasteiger partial charge in [-0.15, -0.1) is 0 Å². The molecule has 2 aromatic carbocycles. The molecule has 0 spiro atoms. The summed E-state index contributed by atoms with van der Waals surface area (Å²) in [4.78, 5) is 11.8. The molecule has 0 unspecified atom stereocenters. The minimum Gasteiger partial charge on any atom is -0.465 e. The van der Waals surface area contributed by atoms with E-state index in [1.807, 2.05) is 30.3 Å². The van der Waals surface area contributed by atoms with Crippen LogP contribution in [0, 0.1) is 5.41 Å². The zero-order valence-corrected chi connectivity index (χ0v) is 11.2. The Hall–Kier alpha value is -2.16. The van der Waals surface area contributed by atoms with Crippen molar-refractivity contribution in [3.05, 3.63) is 47.5 Å². The summed E-state index contributed by atoms with van der Waals surface area (Å²) in [6.45, 7) is 2.06. The van der Waals surface area contributed by atoms with Crippen molar-refractivity contribution in [2.24, 2.45) is 0 Å². The van der Waals surface area contributed by atoms with Crippen molar-refractivity contribution in [1.29, 1.82) is 5.41 Å².